The van der Waals surface area contributed by atoms with Gasteiger partial charge in [-0.3, -0.25) is 0 Å². The summed E-state index contributed by atoms with van der Waals surface area (Å²) in [6.45, 7) is 32.8. The normalized spacial score (nSPS) is 18.2. The lowest BCUT2D eigenvalue weighted by Crippen LogP contribution is -2.64. The molecule has 0 amide bonds. The minimum Gasteiger partial charge on any atom is -0.456 e. The molecule has 9 aromatic carbocycles. The van der Waals surface area contributed by atoms with Gasteiger partial charge in [-0.05, 0) is 177 Å². The predicted molar refractivity (Wildman–Crippen MR) is 360 cm³/mol. The SMILES string of the molecule is CC(C)(C)c1ccc(N(c2ccc(C(C)(C)C)cc2)c2ccc3c(c2)N(c2cccc4oc5ccccc5c24)c2cc(N(c4ccc(C(C)(C)C)cc4)c4ccc(C(C)(C)C)cc4)cc4c2B3c2cccc3c2N4C2(C)CCCCC32C)cc1. The molecular weight excluding hydrogens is 1020 g/mol. The second-order valence-corrected chi connectivity index (χ2v) is 29.4. The number of hydrogen-bond acceptors (Lipinski definition) is 5. The van der Waals surface area contributed by atoms with E-state index in [1.165, 1.54) is 74.1 Å². The fourth-order valence-electron chi connectivity index (χ4n) is 15.1. The van der Waals surface area contributed by atoms with Crippen LogP contribution in [-0.2, 0) is 27.1 Å². The Balaban J connectivity index is 1.10. The van der Waals surface area contributed by atoms with E-state index in [9.17, 15) is 0 Å². The summed E-state index contributed by atoms with van der Waals surface area (Å²) in [5.74, 6) is 0. The topological polar surface area (TPSA) is 26.1 Å². The van der Waals surface area contributed by atoms with Crippen molar-refractivity contribution in [2.24, 2.45) is 0 Å². The molecule has 0 saturated heterocycles. The van der Waals surface area contributed by atoms with Crippen molar-refractivity contribution in [3.63, 3.8) is 0 Å². The van der Waals surface area contributed by atoms with Crippen molar-refractivity contribution in [3.8, 4) is 0 Å². The lowest BCUT2D eigenvalue weighted by Gasteiger charge is -2.53. The molecule has 1 saturated carbocycles. The van der Waals surface area contributed by atoms with Crippen molar-refractivity contribution in [3.05, 3.63) is 216 Å². The molecule has 422 valence electrons. The van der Waals surface area contributed by atoms with Crippen molar-refractivity contribution in [1.82, 2.24) is 0 Å². The molecule has 2 atom stereocenters. The van der Waals surface area contributed by atoms with E-state index >= 15 is 0 Å². The zero-order chi connectivity index (χ0) is 58.6. The predicted octanol–water partition coefficient (Wildman–Crippen LogP) is 20.1. The lowest BCUT2D eigenvalue weighted by molar-refractivity contribution is 0.195. The summed E-state index contributed by atoms with van der Waals surface area (Å²) in [7, 11) is 0. The summed E-state index contributed by atoms with van der Waals surface area (Å²) in [5, 5.41) is 2.21. The summed E-state index contributed by atoms with van der Waals surface area (Å²) in [6.07, 6.45) is 4.69. The first kappa shape index (κ1) is 54.0. The van der Waals surface area contributed by atoms with Gasteiger partial charge in [-0.25, -0.2) is 0 Å². The summed E-state index contributed by atoms with van der Waals surface area (Å²) in [5.41, 5.74) is 25.1. The van der Waals surface area contributed by atoms with Crippen molar-refractivity contribution in [1.29, 1.82) is 0 Å². The largest absolute Gasteiger partial charge is 0.456 e. The number of fused-ring (bicyclic) bond motifs is 10. The van der Waals surface area contributed by atoms with E-state index in [2.05, 4.69) is 305 Å². The monoisotopic (exact) mass is 1100 g/mol. The van der Waals surface area contributed by atoms with E-state index in [4.69, 9.17) is 4.42 Å². The molecule has 0 N–H and O–H groups in total. The van der Waals surface area contributed by atoms with Crippen molar-refractivity contribution in [2.45, 2.75) is 155 Å². The first-order valence-corrected chi connectivity index (χ1v) is 30.9. The molecule has 4 heterocycles. The van der Waals surface area contributed by atoms with Gasteiger partial charge in [0, 0.05) is 62.0 Å². The van der Waals surface area contributed by atoms with Gasteiger partial charge in [0.2, 0.25) is 0 Å². The van der Waals surface area contributed by atoms with Crippen molar-refractivity contribution >= 4 is 108 Å². The molecule has 1 aromatic heterocycles. The number of para-hydroxylation sites is 2. The van der Waals surface area contributed by atoms with E-state index in [0.29, 0.717) is 0 Å². The summed E-state index contributed by atoms with van der Waals surface area (Å²) in [4.78, 5) is 10.5. The Morgan fingerprint density at radius 2 is 0.881 bits per heavy atom. The van der Waals surface area contributed by atoms with Crippen LogP contribution in [0.15, 0.2) is 192 Å². The van der Waals surface area contributed by atoms with Crippen LogP contribution >= 0.6 is 0 Å². The Kier molecular flexibility index (Phi) is 12.1. The molecule has 0 radical (unpaired) electrons. The molecule has 6 heteroatoms. The molecule has 84 heavy (non-hydrogen) atoms. The maximum absolute atomic E-state index is 6.85. The van der Waals surface area contributed by atoms with E-state index in [0.717, 1.165) is 80.3 Å². The average Bonchev–Trinajstić information content (AvgIpc) is 1.43. The Hall–Kier alpha value is -7.96. The van der Waals surface area contributed by atoms with Crippen LogP contribution in [0.25, 0.3) is 21.9 Å². The highest BCUT2D eigenvalue weighted by atomic mass is 16.3. The van der Waals surface area contributed by atoms with E-state index < -0.39 is 0 Å². The van der Waals surface area contributed by atoms with Gasteiger partial charge in [0.25, 0.3) is 6.71 Å². The van der Waals surface area contributed by atoms with Crippen LogP contribution in [0, 0.1) is 0 Å². The number of anilines is 11. The zero-order valence-corrected chi connectivity index (χ0v) is 52.0. The molecule has 14 rings (SSSR count). The number of rotatable bonds is 7. The summed E-state index contributed by atoms with van der Waals surface area (Å²) >= 11 is 0. The second kappa shape index (κ2) is 18.8. The third-order valence-corrected chi connectivity index (χ3v) is 20.0. The van der Waals surface area contributed by atoms with Gasteiger partial charge in [0.05, 0.1) is 22.3 Å². The van der Waals surface area contributed by atoms with Crippen LogP contribution in [0.1, 0.15) is 150 Å². The maximum Gasteiger partial charge on any atom is 0.252 e. The Labute approximate surface area is 500 Å². The lowest BCUT2D eigenvalue weighted by atomic mass is 9.33. The van der Waals surface area contributed by atoms with Gasteiger partial charge in [-0.2, -0.15) is 0 Å². The smallest absolute Gasteiger partial charge is 0.252 e. The fraction of sp³-hybridized carbons (Fsp3) is 0.308. The summed E-state index contributed by atoms with van der Waals surface area (Å²) in [6, 6.07) is 72.5. The maximum atomic E-state index is 6.85. The third-order valence-electron chi connectivity index (χ3n) is 20.0. The minimum atomic E-state index is -0.171. The zero-order valence-electron chi connectivity index (χ0n) is 52.0. The van der Waals surface area contributed by atoms with Crippen LogP contribution in [0.3, 0.4) is 0 Å². The standard InChI is InChI=1S/C78H81BN4O/c1-73(2,3)50-27-35-54(36-28-50)80(55-37-29-51(30-38-55)74(4,5)6)58-43-44-62-65(47-58)82(64-24-20-26-69-70(64)60-21-15-16-25-68(60)84-69)66-48-59(81(56-39-31-52(32-40-56)75(7,8)9)57-41-33-53(34-42-57)76(10,11)12)49-67-71(66)79(62)63-23-19-22-61-72(63)83(67)78(14)46-18-17-45-77(61,78)13/h15-16,19-44,47-49H,17-18,45-46H2,1-14H3. The van der Waals surface area contributed by atoms with Crippen LogP contribution in [0.4, 0.5) is 62.6 Å². The van der Waals surface area contributed by atoms with E-state index in [-0.39, 0.29) is 39.3 Å². The Morgan fingerprint density at radius 1 is 0.417 bits per heavy atom. The number of furan rings is 1. The first-order chi connectivity index (χ1) is 39.9. The van der Waals surface area contributed by atoms with Crippen LogP contribution in [-0.4, -0.2) is 12.3 Å². The fourth-order valence-corrected chi connectivity index (χ4v) is 15.1. The summed E-state index contributed by atoms with van der Waals surface area (Å²) < 4.78 is 6.85. The average molecular weight is 1100 g/mol. The van der Waals surface area contributed by atoms with Gasteiger partial charge in [0.15, 0.2) is 0 Å². The third kappa shape index (κ3) is 8.31. The number of hydrogen-bond donors (Lipinski definition) is 0. The van der Waals surface area contributed by atoms with E-state index in [1.54, 1.807) is 0 Å². The van der Waals surface area contributed by atoms with Gasteiger partial charge < -0.3 is 24.0 Å². The van der Waals surface area contributed by atoms with Gasteiger partial charge in [-0.1, -0.05) is 200 Å². The molecule has 10 aromatic rings. The molecule has 1 fully saturated rings. The molecule has 0 spiro atoms. The molecule has 5 nitrogen and oxygen atoms in total. The number of nitrogens with zero attached hydrogens (tertiary/aromatic N) is 4. The van der Waals surface area contributed by atoms with Gasteiger partial charge in [0.1, 0.15) is 11.2 Å². The van der Waals surface area contributed by atoms with E-state index in [1.807, 2.05) is 0 Å². The minimum absolute atomic E-state index is 0.00196. The van der Waals surface area contributed by atoms with Crippen LogP contribution in [0.5, 0.6) is 0 Å². The molecule has 1 aliphatic carbocycles. The van der Waals surface area contributed by atoms with Gasteiger partial charge >= 0.3 is 0 Å². The molecule has 3 aliphatic heterocycles. The van der Waals surface area contributed by atoms with Crippen LogP contribution < -0.4 is 36.0 Å². The Bertz CT molecular complexity index is 4110. The highest BCUT2D eigenvalue weighted by Crippen LogP contribution is 2.62. The highest BCUT2D eigenvalue weighted by molar-refractivity contribution is 7.00. The first-order valence-electron chi connectivity index (χ1n) is 30.9. The molecular formula is C78H81BN4O. The highest BCUT2D eigenvalue weighted by Gasteiger charge is 2.61. The molecule has 0 bridgehead atoms. The van der Waals surface area contributed by atoms with Crippen molar-refractivity contribution in [2.75, 3.05) is 19.6 Å². The Morgan fingerprint density at radius 3 is 1.43 bits per heavy atom. The van der Waals surface area contributed by atoms with Gasteiger partial charge in [-0.15, -0.1) is 0 Å². The second-order valence-electron chi connectivity index (χ2n) is 29.4. The number of benzene rings is 9. The quantitative estimate of drug-likeness (QED) is 0.148. The van der Waals surface area contributed by atoms with Crippen molar-refractivity contribution < 1.29 is 4.42 Å². The van der Waals surface area contributed by atoms with Crippen LogP contribution in [0.2, 0.25) is 0 Å². The molecule has 4 aliphatic rings. The molecule has 2 unspecified atom stereocenters.